The summed E-state index contributed by atoms with van der Waals surface area (Å²) in [7, 11) is 0. The number of carbonyl (C=O) groups is 1. The molecule has 0 unspecified atom stereocenters. The summed E-state index contributed by atoms with van der Waals surface area (Å²) in [5, 5.41) is 2.98. The van der Waals surface area contributed by atoms with Crippen LogP contribution in [-0.2, 0) is 17.8 Å². The molecule has 0 fully saturated rings. The van der Waals surface area contributed by atoms with E-state index in [4.69, 9.17) is 4.74 Å². The van der Waals surface area contributed by atoms with E-state index < -0.39 is 0 Å². The number of nitrogens with one attached hydrogen (secondary N) is 1. The van der Waals surface area contributed by atoms with Crippen molar-refractivity contribution in [3.8, 4) is 5.75 Å². The normalized spacial score (nSPS) is 14.5. The second-order valence-corrected chi connectivity index (χ2v) is 6.41. The number of benzene rings is 1. The van der Waals surface area contributed by atoms with E-state index in [1.165, 1.54) is 5.56 Å². The Balaban J connectivity index is 1.91. The monoisotopic (exact) mass is 261 g/mol. The fraction of sp³-hybridized carbons (Fsp3) is 0.562. The number of hydrogen-bond donors (Lipinski definition) is 1. The molecule has 0 spiro atoms. The number of aryl methyl sites for hydroxylation is 1. The molecule has 104 valence electrons. The van der Waals surface area contributed by atoms with Gasteiger partial charge in [0.2, 0.25) is 5.91 Å². The molecule has 0 saturated carbocycles. The zero-order valence-corrected chi connectivity index (χ0v) is 12.1. The number of hydrogen-bond acceptors (Lipinski definition) is 2. The highest BCUT2D eigenvalue weighted by Crippen LogP contribution is 2.25. The first kappa shape index (κ1) is 13.9. The molecule has 1 amide bonds. The largest absolute Gasteiger partial charge is 0.493 e. The van der Waals surface area contributed by atoms with Crippen molar-refractivity contribution in [2.24, 2.45) is 5.41 Å². The molecule has 0 aliphatic carbocycles. The van der Waals surface area contributed by atoms with Gasteiger partial charge in [-0.3, -0.25) is 4.79 Å². The highest BCUT2D eigenvalue weighted by Gasteiger charge is 2.16. The molecule has 0 aromatic heterocycles. The van der Waals surface area contributed by atoms with Crippen LogP contribution in [0.3, 0.4) is 0 Å². The summed E-state index contributed by atoms with van der Waals surface area (Å²) in [6.45, 7) is 7.63. The average Bonchev–Trinajstić information content (AvgIpc) is 2.34. The van der Waals surface area contributed by atoms with Crippen LogP contribution in [0.15, 0.2) is 18.2 Å². The van der Waals surface area contributed by atoms with Gasteiger partial charge in [-0.15, -0.1) is 0 Å². The molecular weight excluding hydrogens is 238 g/mol. The van der Waals surface area contributed by atoms with E-state index in [-0.39, 0.29) is 11.3 Å². The summed E-state index contributed by atoms with van der Waals surface area (Å²) in [5.41, 5.74) is 2.44. The lowest BCUT2D eigenvalue weighted by Crippen LogP contribution is -2.27. The van der Waals surface area contributed by atoms with E-state index >= 15 is 0 Å². The molecule has 1 N–H and O–H groups in total. The highest BCUT2D eigenvalue weighted by atomic mass is 16.5. The van der Waals surface area contributed by atoms with Gasteiger partial charge >= 0.3 is 0 Å². The average molecular weight is 261 g/mol. The predicted molar refractivity (Wildman–Crippen MR) is 76.2 cm³/mol. The van der Waals surface area contributed by atoms with Crippen LogP contribution in [0.5, 0.6) is 5.75 Å². The Bertz CT molecular complexity index is 460. The molecule has 0 atom stereocenters. The van der Waals surface area contributed by atoms with Crippen LogP contribution in [0, 0.1) is 5.41 Å². The Labute approximate surface area is 115 Å². The molecule has 0 radical (unpaired) electrons. The van der Waals surface area contributed by atoms with Gasteiger partial charge in [-0.05, 0) is 35.4 Å². The summed E-state index contributed by atoms with van der Waals surface area (Å²) in [6.07, 6.45) is 2.70. The Morgan fingerprint density at radius 2 is 2.16 bits per heavy atom. The fourth-order valence-corrected chi connectivity index (χ4v) is 2.27. The minimum absolute atomic E-state index is 0.0355. The Hall–Kier alpha value is -1.51. The van der Waals surface area contributed by atoms with Crippen LogP contribution in [0.25, 0.3) is 0 Å². The van der Waals surface area contributed by atoms with Crippen molar-refractivity contribution >= 4 is 5.91 Å². The zero-order chi connectivity index (χ0) is 13.9. The maximum atomic E-state index is 11.8. The lowest BCUT2D eigenvalue weighted by atomic mass is 9.92. The fourth-order valence-electron chi connectivity index (χ4n) is 2.27. The lowest BCUT2D eigenvalue weighted by Gasteiger charge is -2.19. The number of rotatable bonds is 3. The number of carbonyl (C=O) groups excluding carboxylic acids is 1. The molecular formula is C16H23NO2. The summed E-state index contributed by atoms with van der Waals surface area (Å²) < 4.78 is 5.58. The van der Waals surface area contributed by atoms with E-state index in [0.717, 1.165) is 30.8 Å². The van der Waals surface area contributed by atoms with E-state index in [1.807, 2.05) is 12.1 Å². The van der Waals surface area contributed by atoms with Crippen LogP contribution < -0.4 is 10.1 Å². The highest BCUT2D eigenvalue weighted by molar-refractivity contribution is 5.76. The van der Waals surface area contributed by atoms with Crippen molar-refractivity contribution in [3.63, 3.8) is 0 Å². The third-order valence-corrected chi connectivity index (χ3v) is 3.15. The van der Waals surface area contributed by atoms with Crippen LogP contribution in [0.2, 0.25) is 0 Å². The van der Waals surface area contributed by atoms with Gasteiger partial charge in [0.1, 0.15) is 5.75 Å². The van der Waals surface area contributed by atoms with Crippen LogP contribution >= 0.6 is 0 Å². The Morgan fingerprint density at radius 3 is 2.89 bits per heavy atom. The first-order valence-electron chi connectivity index (χ1n) is 6.95. The summed E-state index contributed by atoms with van der Waals surface area (Å²) in [5.74, 6) is 1.11. The molecule has 1 aromatic rings. The first-order valence-corrected chi connectivity index (χ1v) is 6.95. The molecule has 1 heterocycles. The maximum absolute atomic E-state index is 11.8. The number of ether oxygens (including phenoxy) is 1. The summed E-state index contributed by atoms with van der Waals surface area (Å²) >= 11 is 0. The minimum atomic E-state index is 0.0355. The molecule has 0 saturated heterocycles. The SMILES string of the molecule is CC(C)(C)CC(=O)NCc1ccc2c(c1)CCCO2. The molecule has 0 bridgehead atoms. The van der Waals surface area contributed by atoms with Gasteiger partial charge in [0.15, 0.2) is 0 Å². The van der Waals surface area contributed by atoms with Gasteiger partial charge in [-0.1, -0.05) is 32.9 Å². The maximum Gasteiger partial charge on any atom is 0.220 e. The van der Waals surface area contributed by atoms with Gasteiger partial charge < -0.3 is 10.1 Å². The molecule has 1 aliphatic heterocycles. The molecule has 1 aromatic carbocycles. The zero-order valence-electron chi connectivity index (χ0n) is 12.1. The predicted octanol–water partition coefficient (Wildman–Crippen LogP) is 3.06. The van der Waals surface area contributed by atoms with Crippen molar-refractivity contribution in [2.75, 3.05) is 6.61 Å². The van der Waals surface area contributed by atoms with Gasteiger partial charge in [-0.25, -0.2) is 0 Å². The summed E-state index contributed by atoms with van der Waals surface area (Å²) in [6, 6.07) is 6.19. The van der Waals surface area contributed by atoms with Gasteiger partial charge in [0.05, 0.1) is 6.61 Å². The van der Waals surface area contributed by atoms with Crippen molar-refractivity contribution in [2.45, 2.75) is 46.6 Å². The molecule has 3 nitrogen and oxygen atoms in total. The van der Waals surface area contributed by atoms with E-state index in [2.05, 4.69) is 32.2 Å². The van der Waals surface area contributed by atoms with Gasteiger partial charge in [0, 0.05) is 13.0 Å². The third kappa shape index (κ3) is 4.27. The first-order chi connectivity index (χ1) is 8.94. The van der Waals surface area contributed by atoms with Crippen LogP contribution in [0.1, 0.15) is 44.7 Å². The van der Waals surface area contributed by atoms with Gasteiger partial charge in [0.25, 0.3) is 0 Å². The van der Waals surface area contributed by atoms with E-state index in [9.17, 15) is 4.79 Å². The van der Waals surface area contributed by atoms with Crippen molar-refractivity contribution in [1.82, 2.24) is 5.32 Å². The molecule has 19 heavy (non-hydrogen) atoms. The van der Waals surface area contributed by atoms with Crippen LogP contribution in [-0.4, -0.2) is 12.5 Å². The second kappa shape index (κ2) is 5.64. The second-order valence-electron chi connectivity index (χ2n) is 6.41. The van der Waals surface area contributed by atoms with Gasteiger partial charge in [-0.2, -0.15) is 0 Å². The Kier molecular flexibility index (Phi) is 4.13. The molecule has 1 aliphatic rings. The van der Waals surface area contributed by atoms with Crippen LogP contribution in [0.4, 0.5) is 0 Å². The molecule has 3 heteroatoms. The van der Waals surface area contributed by atoms with E-state index in [1.54, 1.807) is 0 Å². The van der Waals surface area contributed by atoms with Crippen molar-refractivity contribution in [1.29, 1.82) is 0 Å². The quantitative estimate of drug-likeness (QED) is 0.908. The van der Waals surface area contributed by atoms with Crippen molar-refractivity contribution in [3.05, 3.63) is 29.3 Å². The third-order valence-electron chi connectivity index (χ3n) is 3.15. The molecule has 2 rings (SSSR count). The standard InChI is InChI=1S/C16H23NO2/c1-16(2,3)10-15(18)17-11-12-6-7-14-13(9-12)5-4-8-19-14/h6-7,9H,4-5,8,10-11H2,1-3H3,(H,17,18). The number of fused-ring (bicyclic) bond motifs is 1. The van der Waals surface area contributed by atoms with Crippen molar-refractivity contribution < 1.29 is 9.53 Å². The lowest BCUT2D eigenvalue weighted by molar-refractivity contribution is -0.122. The topological polar surface area (TPSA) is 38.3 Å². The van der Waals surface area contributed by atoms with E-state index in [0.29, 0.717) is 13.0 Å². The smallest absolute Gasteiger partial charge is 0.220 e. The minimum Gasteiger partial charge on any atom is -0.493 e. The number of amides is 1. The Morgan fingerprint density at radius 1 is 1.37 bits per heavy atom. The summed E-state index contributed by atoms with van der Waals surface area (Å²) in [4.78, 5) is 11.8.